The molecular weight excluding hydrogens is 285 g/mol. The highest BCUT2D eigenvalue weighted by molar-refractivity contribution is 6.36. The lowest BCUT2D eigenvalue weighted by Gasteiger charge is -2.07. The zero-order valence-electron chi connectivity index (χ0n) is 10.3. The summed E-state index contributed by atoms with van der Waals surface area (Å²) in [7, 11) is 0. The van der Waals surface area contributed by atoms with E-state index in [1.807, 2.05) is 6.92 Å². The number of rotatable bonds is 4. The first-order chi connectivity index (χ1) is 9.11. The molecule has 0 aliphatic carbocycles. The maximum atomic E-state index is 12.0. The number of nitrogens with zero attached hydrogens (tertiary/aromatic N) is 1. The molecule has 4 nitrogen and oxygen atoms in total. The van der Waals surface area contributed by atoms with Crippen LogP contribution in [0.2, 0.25) is 10.0 Å². The third kappa shape index (κ3) is 3.28. The largest absolute Gasteiger partial charge is 0.311 e. The summed E-state index contributed by atoms with van der Waals surface area (Å²) in [5.74, 6) is 0.435. The summed E-state index contributed by atoms with van der Waals surface area (Å²) in [6.45, 7) is 1.99. The molecule has 1 aromatic carbocycles. The zero-order valence-corrected chi connectivity index (χ0v) is 11.8. The number of amides is 1. The minimum Gasteiger partial charge on any atom is -0.311 e. The third-order valence-electron chi connectivity index (χ3n) is 2.76. The molecule has 2 N–H and O–H groups in total. The van der Waals surface area contributed by atoms with Gasteiger partial charge in [-0.15, -0.1) is 0 Å². The summed E-state index contributed by atoms with van der Waals surface area (Å²) in [5, 5.41) is 10.4. The average Bonchev–Trinajstić information content (AvgIpc) is 2.81. The number of anilines is 1. The topological polar surface area (TPSA) is 57.8 Å². The van der Waals surface area contributed by atoms with Gasteiger partial charge in [0.05, 0.1) is 12.6 Å². The van der Waals surface area contributed by atoms with Crippen molar-refractivity contribution in [3.05, 3.63) is 45.6 Å². The van der Waals surface area contributed by atoms with Gasteiger partial charge in [0, 0.05) is 15.6 Å². The lowest BCUT2D eigenvalue weighted by molar-refractivity contribution is -0.115. The molecule has 0 radical (unpaired) electrons. The van der Waals surface area contributed by atoms with Crippen LogP contribution in [0.5, 0.6) is 0 Å². The van der Waals surface area contributed by atoms with E-state index in [4.69, 9.17) is 23.2 Å². The van der Waals surface area contributed by atoms with Crippen molar-refractivity contribution >= 4 is 34.9 Å². The Morgan fingerprint density at radius 2 is 2.05 bits per heavy atom. The van der Waals surface area contributed by atoms with E-state index >= 15 is 0 Å². The van der Waals surface area contributed by atoms with E-state index in [1.54, 1.807) is 24.4 Å². The number of aromatic amines is 1. The van der Waals surface area contributed by atoms with Gasteiger partial charge in [-0.05, 0) is 24.1 Å². The molecule has 0 fully saturated rings. The fraction of sp³-hybridized carbons (Fsp3) is 0.231. The Bertz CT molecular complexity index is 575. The molecule has 0 bridgehead atoms. The van der Waals surface area contributed by atoms with Gasteiger partial charge in [0.25, 0.3) is 0 Å². The molecule has 2 aromatic rings. The van der Waals surface area contributed by atoms with E-state index in [0.717, 1.165) is 12.0 Å². The Morgan fingerprint density at radius 1 is 1.37 bits per heavy atom. The number of aryl methyl sites for hydroxylation is 1. The molecule has 1 heterocycles. The number of hydrogen-bond acceptors (Lipinski definition) is 2. The SMILES string of the molecule is CCc1cn[nH]c1NC(=O)Cc1c(Cl)cccc1Cl. The van der Waals surface area contributed by atoms with E-state index in [1.165, 1.54) is 0 Å². The molecule has 6 heteroatoms. The number of nitrogens with one attached hydrogen (secondary N) is 2. The molecule has 2 rings (SSSR count). The van der Waals surface area contributed by atoms with Crippen molar-refractivity contribution in [3.8, 4) is 0 Å². The van der Waals surface area contributed by atoms with Crippen LogP contribution in [0.1, 0.15) is 18.1 Å². The van der Waals surface area contributed by atoms with Crippen molar-refractivity contribution < 1.29 is 4.79 Å². The fourth-order valence-corrected chi connectivity index (χ4v) is 2.26. The first-order valence-corrected chi connectivity index (χ1v) is 6.62. The number of hydrogen-bond donors (Lipinski definition) is 2. The standard InChI is InChI=1S/C13H13Cl2N3O/c1-2-8-7-16-18-13(8)17-12(19)6-9-10(14)4-3-5-11(9)15/h3-5,7H,2,6H2,1H3,(H2,16,17,18,19). The molecule has 100 valence electrons. The lowest BCUT2D eigenvalue weighted by Crippen LogP contribution is -2.16. The smallest absolute Gasteiger partial charge is 0.230 e. The molecule has 0 aliphatic heterocycles. The van der Waals surface area contributed by atoms with Gasteiger partial charge >= 0.3 is 0 Å². The molecule has 0 atom stereocenters. The lowest BCUT2D eigenvalue weighted by atomic mass is 10.1. The van der Waals surface area contributed by atoms with E-state index < -0.39 is 0 Å². The molecule has 1 amide bonds. The highest BCUT2D eigenvalue weighted by Gasteiger charge is 2.12. The van der Waals surface area contributed by atoms with Gasteiger partial charge in [-0.3, -0.25) is 9.89 Å². The van der Waals surface area contributed by atoms with Crippen molar-refractivity contribution in [2.24, 2.45) is 0 Å². The molecular formula is C13H13Cl2N3O. The quantitative estimate of drug-likeness (QED) is 0.908. The number of aromatic nitrogens is 2. The Kier molecular flexibility index (Phi) is 4.45. The highest BCUT2D eigenvalue weighted by atomic mass is 35.5. The van der Waals surface area contributed by atoms with E-state index in [2.05, 4.69) is 15.5 Å². The second-order valence-corrected chi connectivity index (χ2v) is 4.86. The van der Waals surface area contributed by atoms with Crippen molar-refractivity contribution in [2.75, 3.05) is 5.32 Å². The van der Waals surface area contributed by atoms with Gasteiger partial charge in [-0.25, -0.2) is 0 Å². The van der Waals surface area contributed by atoms with Gasteiger partial charge in [-0.1, -0.05) is 36.2 Å². The fourth-order valence-electron chi connectivity index (χ4n) is 1.73. The van der Waals surface area contributed by atoms with Crippen molar-refractivity contribution in [1.29, 1.82) is 0 Å². The van der Waals surface area contributed by atoms with Gasteiger partial charge in [-0.2, -0.15) is 5.10 Å². The second-order valence-electron chi connectivity index (χ2n) is 4.05. The average molecular weight is 298 g/mol. The van der Waals surface area contributed by atoms with Gasteiger partial charge in [0.15, 0.2) is 0 Å². The molecule has 0 saturated heterocycles. The molecule has 0 saturated carbocycles. The minimum atomic E-state index is -0.186. The Balaban J connectivity index is 2.10. The molecule has 1 aromatic heterocycles. The summed E-state index contributed by atoms with van der Waals surface area (Å²) in [5.41, 5.74) is 1.58. The summed E-state index contributed by atoms with van der Waals surface area (Å²) < 4.78 is 0. The van der Waals surface area contributed by atoms with Gasteiger partial charge in [0.2, 0.25) is 5.91 Å². The summed E-state index contributed by atoms with van der Waals surface area (Å²) in [6, 6.07) is 5.17. The van der Waals surface area contributed by atoms with E-state index in [0.29, 0.717) is 21.4 Å². The van der Waals surface area contributed by atoms with Crippen molar-refractivity contribution in [2.45, 2.75) is 19.8 Å². The Morgan fingerprint density at radius 3 is 2.68 bits per heavy atom. The van der Waals surface area contributed by atoms with Crippen LogP contribution in [-0.2, 0) is 17.6 Å². The van der Waals surface area contributed by atoms with Crippen LogP contribution in [-0.4, -0.2) is 16.1 Å². The summed E-state index contributed by atoms with van der Waals surface area (Å²) in [6.07, 6.45) is 2.61. The highest BCUT2D eigenvalue weighted by Crippen LogP contribution is 2.25. The Hall–Kier alpha value is -1.52. The minimum absolute atomic E-state index is 0.126. The predicted octanol–water partition coefficient (Wildman–Crippen LogP) is 3.46. The second kappa shape index (κ2) is 6.08. The normalized spacial score (nSPS) is 10.5. The Labute approximate surface area is 121 Å². The van der Waals surface area contributed by atoms with Gasteiger partial charge < -0.3 is 5.32 Å². The first-order valence-electron chi connectivity index (χ1n) is 5.86. The number of H-pyrrole nitrogens is 1. The third-order valence-corrected chi connectivity index (χ3v) is 3.47. The van der Waals surface area contributed by atoms with Crippen LogP contribution < -0.4 is 5.32 Å². The number of halogens is 2. The molecule has 0 aliphatic rings. The van der Waals surface area contributed by atoms with Gasteiger partial charge in [0.1, 0.15) is 5.82 Å². The van der Waals surface area contributed by atoms with Crippen LogP contribution in [0.15, 0.2) is 24.4 Å². The monoisotopic (exact) mass is 297 g/mol. The van der Waals surface area contributed by atoms with Crippen LogP contribution in [0.4, 0.5) is 5.82 Å². The molecule has 19 heavy (non-hydrogen) atoms. The maximum Gasteiger partial charge on any atom is 0.230 e. The summed E-state index contributed by atoms with van der Waals surface area (Å²) >= 11 is 12.1. The first kappa shape index (κ1) is 13.9. The molecule has 0 spiro atoms. The predicted molar refractivity (Wildman–Crippen MR) is 76.8 cm³/mol. The van der Waals surface area contributed by atoms with E-state index in [-0.39, 0.29) is 12.3 Å². The molecule has 0 unspecified atom stereocenters. The summed E-state index contributed by atoms with van der Waals surface area (Å²) in [4.78, 5) is 12.0. The number of carbonyl (C=O) groups is 1. The van der Waals surface area contributed by atoms with Crippen molar-refractivity contribution in [3.63, 3.8) is 0 Å². The van der Waals surface area contributed by atoms with Crippen LogP contribution in [0, 0.1) is 0 Å². The van der Waals surface area contributed by atoms with Crippen LogP contribution in [0.25, 0.3) is 0 Å². The number of carbonyl (C=O) groups excluding carboxylic acids is 1. The number of benzene rings is 1. The van der Waals surface area contributed by atoms with Crippen molar-refractivity contribution in [1.82, 2.24) is 10.2 Å². The van der Waals surface area contributed by atoms with E-state index in [9.17, 15) is 4.79 Å². The van der Waals surface area contributed by atoms with Crippen LogP contribution >= 0.6 is 23.2 Å². The zero-order chi connectivity index (χ0) is 13.8. The van der Waals surface area contributed by atoms with Crippen LogP contribution in [0.3, 0.4) is 0 Å². The maximum absolute atomic E-state index is 12.0.